The van der Waals surface area contributed by atoms with E-state index < -0.39 is 0 Å². The van der Waals surface area contributed by atoms with Gasteiger partial charge in [-0.15, -0.1) is 11.3 Å². The van der Waals surface area contributed by atoms with Gasteiger partial charge < -0.3 is 10.6 Å². The maximum Gasteiger partial charge on any atom is 0.191 e. The van der Waals surface area contributed by atoms with Crippen LogP contribution in [-0.4, -0.2) is 36.0 Å². The minimum absolute atomic E-state index is 0.488. The van der Waals surface area contributed by atoms with Crippen LogP contribution in [-0.2, 0) is 6.54 Å². The summed E-state index contributed by atoms with van der Waals surface area (Å²) >= 11 is 3.57. The molecule has 0 aliphatic rings. The molecule has 114 valence electrons. The van der Waals surface area contributed by atoms with Crippen LogP contribution in [0.2, 0.25) is 0 Å². The molecule has 0 amide bonds. The quantitative estimate of drug-likeness (QED) is 0.440. The molecular formula is C14H26N4S2. The fourth-order valence-corrected chi connectivity index (χ4v) is 2.89. The van der Waals surface area contributed by atoms with Crippen molar-refractivity contribution in [2.24, 2.45) is 4.99 Å². The zero-order chi connectivity index (χ0) is 14.8. The van der Waals surface area contributed by atoms with Crippen LogP contribution in [0.1, 0.15) is 43.8 Å². The number of nitrogens with zero attached hydrogens (tertiary/aromatic N) is 2. The van der Waals surface area contributed by atoms with Gasteiger partial charge in [0, 0.05) is 18.5 Å². The Bertz CT molecular complexity index is 402. The van der Waals surface area contributed by atoms with E-state index in [9.17, 15) is 0 Å². The Morgan fingerprint density at radius 1 is 1.45 bits per heavy atom. The molecule has 6 heteroatoms. The molecule has 0 saturated heterocycles. The summed E-state index contributed by atoms with van der Waals surface area (Å²) in [5, 5.41) is 9.84. The van der Waals surface area contributed by atoms with Gasteiger partial charge in [-0.05, 0) is 31.3 Å². The molecule has 0 spiro atoms. The van der Waals surface area contributed by atoms with Crippen molar-refractivity contribution in [2.45, 2.75) is 39.7 Å². The van der Waals surface area contributed by atoms with Crippen LogP contribution < -0.4 is 10.6 Å². The summed E-state index contributed by atoms with van der Waals surface area (Å²) in [6.07, 6.45) is 3.29. The largest absolute Gasteiger partial charge is 0.357 e. The molecule has 20 heavy (non-hydrogen) atoms. The number of hydrogen-bond acceptors (Lipinski definition) is 4. The molecule has 1 aromatic rings. The zero-order valence-electron chi connectivity index (χ0n) is 12.9. The third-order valence-corrected chi connectivity index (χ3v) is 4.24. The van der Waals surface area contributed by atoms with Crippen LogP contribution in [0.3, 0.4) is 0 Å². The highest BCUT2D eigenvalue weighted by molar-refractivity contribution is 7.98. The highest BCUT2D eigenvalue weighted by Gasteiger charge is 2.05. The Morgan fingerprint density at radius 3 is 2.85 bits per heavy atom. The van der Waals surface area contributed by atoms with Crippen LogP contribution in [0.4, 0.5) is 0 Å². The number of hydrogen-bond donors (Lipinski definition) is 2. The number of guanidine groups is 1. The number of nitrogens with one attached hydrogen (secondary N) is 2. The Hall–Kier alpha value is -0.750. The van der Waals surface area contributed by atoms with Crippen LogP contribution >= 0.6 is 23.1 Å². The lowest BCUT2D eigenvalue weighted by Gasteiger charge is -2.10. The number of thioether (sulfide) groups is 1. The molecule has 1 rings (SSSR count). The van der Waals surface area contributed by atoms with Gasteiger partial charge in [-0.25, -0.2) is 9.98 Å². The van der Waals surface area contributed by atoms with E-state index in [1.807, 2.05) is 11.8 Å². The standard InChI is InChI=1S/C14H26N4S2/c1-5-15-14(16-7-6-8-19-4)17-9-13-18-12(10-20-13)11(2)3/h10-11H,5-9H2,1-4H3,(H2,15,16,17). The molecule has 0 aliphatic heterocycles. The zero-order valence-corrected chi connectivity index (χ0v) is 14.5. The Balaban J connectivity index is 2.47. The van der Waals surface area contributed by atoms with Crippen LogP contribution in [0, 0.1) is 0 Å². The predicted octanol–water partition coefficient (Wildman–Crippen LogP) is 3.07. The maximum absolute atomic E-state index is 4.60. The van der Waals surface area contributed by atoms with Gasteiger partial charge in [-0.2, -0.15) is 11.8 Å². The highest BCUT2D eigenvalue weighted by atomic mass is 32.2. The average molecular weight is 315 g/mol. The fraction of sp³-hybridized carbons (Fsp3) is 0.714. The first-order valence-corrected chi connectivity index (χ1v) is 9.40. The lowest BCUT2D eigenvalue weighted by molar-refractivity contribution is 0.785. The SMILES string of the molecule is CCNC(=NCc1nc(C(C)C)cs1)NCCCSC. The van der Waals surface area contributed by atoms with Gasteiger partial charge in [0.2, 0.25) is 0 Å². The maximum atomic E-state index is 4.60. The van der Waals surface area contributed by atoms with E-state index in [0.717, 1.165) is 36.2 Å². The van der Waals surface area contributed by atoms with E-state index in [-0.39, 0.29) is 0 Å². The Morgan fingerprint density at radius 2 is 2.25 bits per heavy atom. The molecule has 0 aliphatic carbocycles. The van der Waals surface area contributed by atoms with Gasteiger partial charge in [0.15, 0.2) is 5.96 Å². The minimum atomic E-state index is 0.488. The number of aromatic nitrogens is 1. The van der Waals surface area contributed by atoms with E-state index in [1.165, 1.54) is 5.75 Å². The summed E-state index contributed by atoms with van der Waals surface area (Å²) in [4.78, 5) is 9.19. The van der Waals surface area contributed by atoms with E-state index in [4.69, 9.17) is 0 Å². The van der Waals surface area contributed by atoms with E-state index in [1.54, 1.807) is 11.3 Å². The number of rotatable bonds is 8. The second-order valence-electron chi connectivity index (χ2n) is 4.79. The molecule has 0 atom stereocenters. The normalized spacial score (nSPS) is 11.9. The molecule has 0 bridgehead atoms. The second-order valence-corrected chi connectivity index (χ2v) is 6.72. The molecule has 4 nitrogen and oxygen atoms in total. The van der Waals surface area contributed by atoms with Crippen molar-refractivity contribution in [3.63, 3.8) is 0 Å². The monoisotopic (exact) mass is 314 g/mol. The van der Waals surface area contributed by atoms with Crippen LogP contribution in [0.25, 0.3) is 0 Å². The molecular weight excluding hydrogens is 288 g/mol. The summed E-state index contributed by atoms with van der Waals surface area (Å²) < 4.78 is 0. The lowest BCUT2D eigenvalue weighted by atomic mass is 10.2. The molecule has 2 N–H and O–H groups in total. The molecule has 0 saturated carbocycles. The first-order chi connectivity index (χ1) is 9.67. The van der Waals surface area contributed by atoms with Crippen molar-refractivity contribution < 1.29 is 0 Å². The average Bonchev–Trinajstić information content (AvgIpc) is 2.90. The second kappa shape index (κ2) is 10.0. The topological polar surface area (TPSA) is 49.3 Å². The molecule has 0 fully saturated rings. The Kier molecular flexibility index (Phi) is 8.69. The third kappa shape index (κ3) is 6.61. The van der Waals surface area contributed by atoms with Crippen molar-refractivity contribution in [3.8, 4) is 0 Å². The predicted molar refractivity (Wildman–Crippen MR) is 92.0 cm³/mol. The van der Waals surface area contributed by atoms with E-state index in [2.05, 4.69) is 53.0 Å². The number of aliphatic imine (C=N–C) groups is 1. The van der Waals surface area contributed by atoms with Gasteiger partial charge in [0.1, 0.15) is 5.01 Å². The van der Waals surface area contributed by atoms with E-state index >= 15 is 0 Å². The van der Waals surface area contributed by atoms with Crippen LogP contribution in [0.5, 0.6) is 0 Å². The van der Waals surface area contributed by atoms with E-state index in [0.29, 0.717) is 12.5 Å². The molecule has 0 radical (unpaired) electrons. The van der Waals surface area contributed by atoms with Crippen molar-refractivity contribution in [1.29, 1.82) is 0 Å². The molecule has 0 unspecified atom stereocenters. The smallest absolute Gasteiger partial charge is 0.191 e. The van der Waals surface area contributed by atoms with Crippen molar-refractivity contribution in [1.82, 2.24) is 15.6 Å². The molecule has 1 aromatic heterocycles. The third-order valence-electron chi connectivity index (χ3n) is 2.70. The summed E-state index contributed by atoms with van der Waals surface area (Å²) in [6.45, 7) is 8.90. The minimum Gasteiger partial charge on any atom is -0.357 e. The first kappa shape index (κ1) is 17.3. The summed E-state index contributed by atoms with van der Waals surface area (Å²) in [5.74, 6) is 2.55. The molecule has 0 aromatic carbocycles. The van der Waals surface area contributed by atoms with Crippen LogP contribution in [0.15, 0.2) is 10.4 Å². The first-order valence-electron chi connectivity index (χ1n) is 7.12. The van der Waals surface area contributed by atoms with Gasteiger partial charge in [-0.1, -0.05) is 13.8 Å². The van der Waals surface area contributed by atoms with Gasteiger partial charge in [0.05, 0.1) is 12.2 Å². The van der Waals surface area contributed by atoms with Gasteiger partial charge in [0.25, 0.3) is 0 Å². The van der Waals surface area contributed by atoms with Crippen molar-refractivity contribution in [3.05, 3.63) is 16.1 Å². The lowest BCUT2D eigenvalue weighted by Crippen LogP contribution is -2.37. The van der Waals surface area contributed by atoms with Crippen molar-refractivity contribution in [2.75, 3.05) is 25.1 Å². The van der Waals surface area contributed by atoms with Gasteiger partial charge >= 0.3 is 0 Å². The number of thiazole rings is 1. The fourth-order valence-electron chi connectivity index (χ4n) is 1.57. The van der Waals surface area contributed by atoms with Crippen molar-refractivity contribution >= 4 is 29.1 Å². The summed E-state index contributed by atoms with van der Waals surface area (Å²) in [6, 6.07) is 0. The summed E-state index contributed by atoms with van der Waals surface area (Å²) in [5.41, 5.74) is 1.16. The summed E-state index contributed by atoms with van der Waals surface area (Å²) in [7, 11) is 0. The highest BCUT2D eigenvalue weighted by Crippen LogP contribution is 2.18. The molecule has 1 heterocycles. The van der Waals surface area contributed by atoms with Gasteiger partial charge in [-0.3, -0.25) is 0 Å². The Labute approximate surface area is 130 Å².